The van der Waals surface area contributed by atoms with Gasteiger partial charge in [-0.1, -0.05) is 28.1 Å². The Balaban J connectivity index is 2.08. The van der Waals surface area contributed by atoms with Gasteiger partial charge in [0, 0.05) is 44.0 Å². The highest BCUT2D eigenvalue weighted by Gasteiger charge is 2.15. The minimum atomic E-state index is 1.06. The van der Waals surface area contributed by atoms with Crippen LogP contribution in [0.2, 0.25) is 0 Å². The SMILES string of the molecule is CN(C)c1cc2ccc1CCc1cc(Br)c(c(N(C)C)c1)CC2. The van der Waals surface area contributed by atoms with Crippen molar-refractivity contribution in [2.75, 3.05) is 38.0 Å². The lowest BCUT2D eigenvalue weighted by Crippen LogP contribution is -2.15. The van der Waals surface area contributed by atoms with Crippen LogP contribution in [-0.4, -0.2) is 28.2 Å². The summed E-state index contributed by atoms with van der Waals surface area (Å²) in [7, 11) is 8.56. The van der Waals surface area contributed by atoms with Gasteiger partial charge in [0.05, 0.1) is 0 Å². The summed E-state index contributed by atoms with van der Waals surface area (Å²) in [4.78, 5) is 4.48. The number of nitrogens with zero attached hydrogens (tertiary/aromatic N) is 2. The summed E-state index contributed by atoms with van der Waals surface area (Å²) < 4.78 is 1.25. The standard InChI is InChI=1S/C20H25BrN2/c1-22(2)19-12-14-5-8-16(19)9-6-15-11-18(21)17(10-7-14)20(13-15)23(3)4/h5,8,11-13H,6-7,9-10H2,1-4H3. The van der Waals surface area contributed by atoms with Gasteiger partial charge in [0.2, 0.25) is 0 Å². The molecule has 23 heavy (non-hydrogen) atoms. The topological polar surface area (TPSA) is 6.48 Å². The van der Waals surface area contributed by atoms with E-state index < -0.39 is 0 Å². The van der Waals surface area contributed by atoms with Crippen LogP contribution < -0.4 is 9.80 Å². The first-order valence-corrected chi connectivity index (χ1v) is 9.02. The molecule has 0 saturated carbocycles. The normalized spacial score (nSPS) is 13.6. The van der Waals surface area contributed by atoms with Gasteiger partial charge in [-0.05, 0) is 66.1 Å². The third-order valence-electron chi connectivity index (χ3n) is 4.69. The first-order chi connectivity index (χ1) is 11.0. The van der Waals surface area contributed by atoms with Crippen LogP contribution in [0.5, 0.6) is 0 Å². The smallest absolute Gasteiger partial charge is 0.0407 e. The fraction of sp³-hybridized carbons (Fsp3) is 0.400. The van der Waals surface area contributed by atoms with Crippen LogP contribution in [0, 0.1) is 0 Å². The summed E-state index contributed by atoms with van der Waals surface area (Å²) in [5.74, 6) is 0. The van der Waals surface area contributed by atoms with E-state index in [-0.39, 0.29) is 0 Å². The van der Waals surface area contributed by atoms with Crippen LogP contribution in [0.4, 0.5) is 11.4 Å². The first kappa shape index (κ1) is 16.4. The van der Waals surface area contributed by atoms with Gasteiger partial charge in [0.15, 0.2) is 0 Å². The average Bonchev–Trinajstić information content (AvgIpc) is 2.49. The molecule has 2 aromatic rings. The third kappa shape index (κ3) is 3.40. The second kappa shape index (κ2) is 6.56. The van der Waals surface area contributed by atoms with E-state index in [1.54, 1.807) is 0 Å². The lowest BCUT2D eigenvalue weighted by molar-refractivity contribution is 0.900. The lowest BCUT2D eigenvalue weighted by atomic mass is 9.94. The van der Waals surface area contributed by atoms with Gasteiger partial charge in [-0.3, -0.25) is 0 Å². The van der Waals surface area contributed by atoms with Crippen molar-refractivity contribution in [3.63, 3.8) is 0 Å². The zero-order valence-corrected chi connectivity index (χ0v) is 16.1. The molecule has 2 aromatic carbocycles. The maximum Gasteiger partial charge on any atom is 0.0407 e. The largest absolute Gasteiger partial charge is 0.377 e. The molecule has 0 amide bonds. The molecule has 6 rings (SSSR count). The number of halogens is 1. The Kier molecular flexibility index (Phi) is 4.67. The predicted octanol–water partition coefficient (Wildman–Crippen LogP) is 4.46. The van der Waals surface area contributed by atoms with Crippen LogP contribution in [-0.2, 0) is 25.7 Å². The van der Waals surface area contributed by atoms with Crippen molar-refractivity contribution in [1.82, 2.24) is 0 Å². The molecule has 0 atom stereocenters. The fourth-order valence-corrected chi connectivity index (χ4v) is 4.10. The molecule has 0 N–H and O–H groups in total. The van der Waals surface area contributed by atoms with Gasteiger partial charge in [-0.25, -0.2) is 0 Å². The van der Waals surface area contributed by atoms with Gasteiger partial charge in [0.25, 0.3) is 0 Å². The first-order valence-electron chi connectivity index (χ1n) is 8.23. The minimum Gasteiger partial charge on any atom is -0.377 e. The number of rotatable bonds is 2. The highest BCUT2D eigenvalue weighted by Crippen LogP contribution is 2.33. The van der Waals surface area contributed by atoms with E-state index >= 15 is 0 Å². The van der Waals surface area contributed by atoms with Crippen molar-refractivity contribution < 1.29 is 0 Å². The lowest BCUT2D eigenvalue weighted by Gasteiger charge is -2.23. The van der Waals surface area contributed by atoms with E-state index in [1.807, 2.05) is 0 Å². The Morgan fingerprint density at radius 3 is 2.09 bits per heavy atom. The summed E-state index contributed by atoms with van der Waals surface area (Å²) >= 11 is 3.81. The second-order valence-corrected chi connectivity index (χ2v) is 7.68. The van der Waals surface area contributed by atoms with E-state index in [0.717, 1.165) is 25.7 Å². The van der Waals surface area contributed by atoms with Gasteiger partial charge in [-0.2, -0.15) is 0 Å². The van der Waals surface area contributed by atoms with Crippen LogP contribution in [0.15, 0.2) is 34.8 Å². The molecule has 0 fully saturated rings. The van der Waals surface area contributed by atoms with Gasteiger partial charge < -0.3 is 9.80 Å². The molecular formula is C20H25BrN2. The molecule has 4 aliphatic rings. The van der Waals surface area contributed by atoms with Gasteiger partial charge in [-0.15, -0.1) is 0 Å². The summed E-state index contributed by atoms with van der Waals surface area (Å²) in [5.41, 5.74) is 8.37. The van der Waals surface area contributed by atoms with E-state index in [1.165, 1.54) is 38.1 Å². The molecule has 0 saturated heterocycles. The molecule has 0 aromatic heterocycles. The summed E-state index contributed by atoms with van der Waals surface area (Å²) in [6.45, 7) is 0. The van der Waals surface area contributed by atoms with Crippen LogP contribution in [0.1, 0.15) is 22.3 Å². The molecule has 0 unspecified atom stereocenters. The Labute approximate surface area is 148 Å². The van der Waals surface area contributed by atoms with Crippen LogP contribution in [0.25, 0.3) is 0 Å². The van der Waals surface area contributed by atoms with Crippen LogP contribution >= 0.6 is 15.9 Å². The van der Waals surface area contributed by atoms with Crippen LogP contribution in [0.3, 0.4) is 0 Å². The minimum absolute atomic E-state index is 1.06. The summed E-state index contributed by atoms with van der Waals surface area (Å²) in [5, 5.41) is 0. The molecule has 4 bridgehead atoms. The van der Waals surface area contributed by atoms with E-state index in [0.29, 0.717) is 0 Å². The van der Waals surface area contributed by atoms with Crippen molar-refractivity contribution >= 4 is 27.3 Å². The summed E-state index contributed by atoms with van der Waals surface area (Å²) in [6.07, 6.45) is 4.27. The number of benzene rings is 2. The maximum atomic E-state index is 3.81. The van der Waals surface area contributed by atoms with Crippen molar-refractivity contribution in [3.8, 4) is 0 Å². The second-order valence-electron chi connectivity index (χ2n) is 6.83. The monoisotopic (exact) mass is 372 g/mol. The van der Waals surface area contributed by atoms with E-state index in [4.69, 9.17) is 0 Å². The highest BCUT2D eigenvalue weighted by molar-refractivity contribution is 9.10. The molecule has 0 aliphatic heterocycles. The number of aryl methyl sites for hydroxylation is 3. The summed E-state index contributed by atoms with van der Waals surface area (Å²) in [6, 6.07) is 11.7. The van der Waals surface area contributed by atoms with Gasteiger partial charge in [0.1, 0.15) is 0 Å². The molecule has 4 aliphatic carbocycles. The van der Waals surface area contributed by atoms with Gasteiger partial charge >= 0.3 is 0 Å². The Morgan fingerprint density at radius 2 is 1.39 bits per heavy atom. The Bertz CT molecular complexity index is 720. The van der Waals surface area contributed by atoms with Crippen molar-refractivity contribution in [3.05, 3.63) is 57.1 Å². The zero-order chi connectivity index (χ0) is 16.6. The van der Waals surface area contributed by atoms with E-state index in [2.05, 4.69) is 84.3 Å². The molecule has 0 heterocycles. The highest BCUT2D eigenvalue weighted by atomic mass is 79.9. The third-order valence-corrected chi connectivity index (χ3v) is 5.40. The van der Waals surface area contributed by atoms with Crippen molar-refractivity contribution in [1.29, 1.82) is 0 Å². The quantitative estimate of drug-likeness (QED) is 0.767. The Hall–Kier alpha value is -1.48. The molecule has 3 heteroatoms. The Morgan fingerprint density at radius 1 is 0.739 bits per heavy atom. The maximum absolute atomic E-state index is 3.81. The molecular weight excluding hydrogens is 348 g/mol. The number of hydrogen-bond donors (Lipinski definition) is 0. The van der Waals surface area contributed by atoms with Crippen molar-refractivity contribution in [2.45, 2.75) is 25.7 Å². The zero-order valence-electron chi connectivity index (χ0n) is 14.5. The molecule has 2 nitrogen and oxygen atoms in total. The predicted molar refractivity (Wildman–Crippen MR) is 104 cm³/mol. The molecule has 122 valence electrons. The number of anilines is 2. The average molecular weight is 373 g/mol. The number of hydrogen-bond acceptors (Lipinski definition) is 2. The van der Waals surface area contributed by atoms with Crippen molar-refractivity contribution in [2.24, 2.45) is 0 Å². The fourth-order valence-electron chi connectivity index (χ4n) is 3.41. The molecule has 0 spiro atoms. The van der Waals surface area contributed by atoms with E-state index in [9.17, 15) is 0 Å². The molecule has 0 radical (unpaired) electrons.